The molecule has 4 N–H and O–H groups in total. The summed E-state index contributed by atoms with van der Waals surface area (Å²) in [4.78, 5) is 8.54. The monoisotopic (exact) mass is 303 g/mol. The Morgan fingerprint density at radius 2 is 1.91 bits per heavy atom. The molecule has 0 bridgehead atoms. The largest absolute Gasteiger partial charge is 0.384 e. The van der Waals surface area contributed by atoms with Gasteiger partial charge >= 0.3 is 0 Å². The van der Waals surface area contributed by atoms with Crippen LogP contribution in [0.5, 0.6) is 0 Å². The topological polar surface area (TPSA) is 75.9 Å². The van der Waals surface area contributed by atoms with E-state index in [-0.39, 0.29) is 0 Å². The van der Waals surface area contributed by atoms with Crippen molar-refractivity contribution in [2.24, 2.45) is 0 Å². The zero-order chi connectivity index (χ0) is 15.6. The van der Waals surface area contributed by atoms with Crippen LogP contribution in [0.25, 0.3) is 11.3 Å². The lowest BCUT2D eigenvalue weighted by atomic mass is 10.0. The minimum atomic E-state index is 0.308. The predicted octanol–water partition coefficient (Wildman–Crippen LogP) is 3.44. The van der Waals surface area contributed by atoms with Crippen molar-refractivity contribution in [3.8, 4) is 11.3 Å². The van der Waals surface area contributed by atoms with E-state index in [0.29, 0.717) is 5.95 Å². The predicted molar refractivity (Wildman–Crippen MR) is 93.8 cm³/mol. The van der Waals surface area contributed by atoms with Gasteiger partial charge in [0, 0.05) is 35.4 Å². The summed E-state index contributed by atoms with van der Waals surface area (Å²) in [5, 5.41) is 6.88. The summed E-state index contributed by atoms with van der Waals surface area (Å²) in [7, 11) is 0. The highest BCUT2D eigenvalue weighted by Gasteiger charge is 2.16. The molecular formula is C18H17N5. The van der Waals surface area contributed by atoms with E-state index in [4.69, 9.17) is 5.73 Å². The molecule has 1 aliphatic heterocycles. The van der Waals surface area contributed by atoms with Crippen molar-refractivity contribution in [3.63, 3.8) is 0 Å². The van der Waals surface area contributed by atoms with Gasteiger partial charge in [-0.1, -0.05) is 18.2 Å². The highest BCUT2D eigenvalue weighted by molar-refractivity contribution is 5.82. The molecule has 0 spiro atoms. The number of nitrogens with one attached hydrogen (secondary N) is 2. The first kappa shape index (κ1) is 13.6. The summed E-state index contributed by atoms with van der Waals surface area (Å²) < 4.78 is 0. The Morgan fingerprint density at radius 3 is 2.78 bits per heavy atom. The fourth-order valence-corrected chi connectivity index (χ4v) is 2.83. The van der Waals surface area contributed by atoms with Crippen molar-refractivity contribution < 1.29 is 0 Å². The first-order valence-corrected chi connectivity index (χ1v) is 7.61. The number of hydrogen-bond acceptors (Lipinski definition) is 5. The second-order valence-electron chi connectivity index (χ2n) is 5.53. The maximum absolute atomic E-state index is 5.77. The molecule has 5 nitrogen and oxygen atoms in total. The summed E-state index contributed by atoms with van der Waals surface area (Å²) in [6.07, 6.45) is 2.70. The molecule has 0 radical (unpaired) electrons. The molecule has 1 aromatic heterocycles. The van der Waals surface area contributed by atoms with Gasteiger partial charge < -0.3 is 16.4 Å². The third-order valence-corrected chi connectivity index (χ3v) is 3.93. The van der Waals surface area contributed by atoms with Crippen molar-refractivity contribution >= 4 is 23.0 Å². The quantitative estimate of drug-likeness (QED) is 0.676. The molecule has 0 amide bonds. The smallest absolute Gasteiger partial charge is 0.220 e. The van der Waals surface area contributed by atoms with Gasteiger partial charge in [0.2, 0.25) is 5.95 Å². The van der Waals surface area contributed by atoms with Crippen LogP contribution in [0.15, 0.2) is 54.7 Å². The Bertz CT molecular complexity index is 845. The van der Waals surface area contributed by atoms with Crippen LogP contribution in [-0.2, 0) is 6.42 Å². The summed E-state index contributed by atoms with van der Waals surface area (Å²) in [6.45, 7) is 0.849. The fourth-order valence-electron chi connectivity index (χ4n) is 2.83. The molecule has 23 heavy (non-hydrogen) atoms. The van der Waals surface area contributed by atoms with Gasteiger partial charge in [-0.05, 0) is 42.3 Å². The molecule has 5 heteroatoms. The van der Waals surface area contributed by atoms with Crippen molar-refractivity contribution in [1.82, 2.24) is 9.97 Å². The van der Waals surface area contributed by atoms with Crippen molar-refractivity contribution in [2.75, 3.05) is 22.9 Å². The first-order chi connectivity index (χ1) is 11.3. The van der Waals surface area contributed by atoms with Crippen LogP contribution >= 0.6 is 0 Å². The number of nitrogens with zero attached hydrogens (tertiary/aromatic N) is 2. The van der Waals surface area contributed by atoms with Crippen LogP contribution in [0.1, 0.15) is 5.56 Å². The normalized spacial score (nSPS) is 12.5. The molecular weight excluding hydrogens is 286 g/mol. The van der Waals surface area contributed by atoms with Gasteiger partial charge in [0.25, 0.3) is 0 Å². The van der Waals surface area contributed by atoms with Crippen LogP contribution in [0.2, 0.25) is 0 Å². The number of anilines is 4. The third-order valence-electron chi connectivity index (χ3n) is 3.93. The molecule has 1 aliphatic rings. The average molecular weight is 303 g/mol. The van der Waals surface area contributed by atoms with Gasteiger partial charge in [-0.2, -0.15) is 0 Å². The zero-order valence-corrected chi connectivity index (χ0v) is 12.6. The number of rotatable bonds is 2. The zero-order valence-electron chi connectivity index (χ0n) is 12.6. The van der Waals surface area contributed by atoms with Crippen LogP contribution in [0, 0.1) is 0 Å². The maximum Gasteiger partial charge on any atom is 0.220 e. The molecule has 0 saturated heterocycles. The van der Waals surface area contributed by atoms with Crippen molar-refractivity contribution in [3.05, 3.63) is 60.3 Å². The number of para-hydroxylation sites is 1. The molecule has 0 fully saturated rings. The van der Waals surface area contributed by atoms with E-state index < -0.39 is 0 Å². The molecule has 2 aromatic carbocycles. The van der Waals surface area contributed by atoms with Crippen LogP contribution in [0.3, 0.4) is 0 Å². The van der Waals surface area contributed by atoms with Crippen LogP contribution in [-0.4, -0.2) is 16.5 Å². The summed E-state index contributed by atoms with van der Waals surface area (Å²) in [5.41, 5.74) is 12.0. The van der Waals surface area contributed by atoms with E-state index in [0.717, 1.165) is 46.8 Å². The molecule has 0 saturated carbocycles. The lowest BCUT2D eigenvalue weighted by Crippen LogP contribution is -2.03. The highest BCUT2D eigenvalue weighted by Crippen LogP contribution is 2.34. The first-order valence-electron chi connectivity index (χ1n) is 7.61. The minimum absolute atomic E-state index is 0.308. The Morgan fingerprint density at radius 1 is 1.04 bits per heavy atom. The minimum Gasteiger partial charge on any atom is -0.384 e. The molecule has 3 aromatic rings. The van der Waals surface area contributed by atoms with Gasteiger partial charge in [-0.15, -0.1) is 0 Å². The SMILES string of the molecule is Nc1ncc2c(n1)-c1ccc(Nc3ccccc3)cc1NCC2. The van der Waals surface area contributed by atoms with Gasteiger partial charge in [0.15, 0.2) is 0 Å². The maximum atomic E-state index is 5.77. The van der Waals surface area contributed by atoms with E-state index in [2.05, 4.69) is 38.8 Å². The third kappa shape index (κ3) is 2.68. The van der Waals surface area contributed by atoms with E-state index in [1.54, 1.807) is 0 Å². The van der Waals surface area contributed by atoms with Gasteiger partial charge in [0.1, 0.15) is 0 Å². The second-order valence-corrected chi connectivity index (χ2v) is 5.53. The van der Waals surface area contributed by atoms with E-state index in [1.165, 1.54) is 0 Å². The summed E-state index contributed by atoms with van der Waals surface area (Å²) in [5.74, 6) is 0.308. The summed E-state index contributed by atoms with van der Waals surface area (Å²) >= 11 is 0. The number of nitrogen functional groups attached to an aromatic ring is 1. The van der Waals surface area contributed by atoms with Crippen LogP contribution < -0.4 is 16.4 Å². The number of benzene rings is 2. The Labute approximate surface area is 134 Å². The molecule has 0 atom stereocenters. The van der Waals surface area contributed by atoms with Crippen molar-refractivity contribution in [1.29, 1.82) is 0 Å². The second kappa shape index (κ2) is 5.61. The summed E-state index contributed by atoms with van der Waals surface area (Å²) in [6, 6.07) is 16.4. The average Bonchev–Trinajstić information content (AvgIpc) is 2.74. The van der Waals surface area contributed by atoms with Gasteiger partial charge in [-0.3, -0.25) is 0 Å². The Kier molecular flexibility index (Phi) is 3.31. The molecule has 2 heterocycles. The van der Waals surface area contributed by atoms with Crippen molar-refractivity contribution in [2.45, 2.75) is 6.42 Å². The van der Waals surface area contributed by atoms with E-state index in [1.807, 2.05) is 36.5 Å². The van der Waals surface area contributed by atoms with Crippen LogP contribution in [0.4, 0.5) is 23.0 Å². The number of nitrogens with two attached hydrogens (primary N) is 1. The molecule has 4 rings (SSSR count). The lowest BCUT2D eigenvalue weighted by Gasteiger charge is -2.12. The lowest BCUT2D eigenvalue weighted by molar-refractivity contribution is 1.00. The fraction of sp³-hybridized carbons (Fsp3) is 0.111. The Hall–Kier alpha value is -3.08. The Balaban J connectivity index is 1.74. The van der Waals surface area contributed by atoms with Gasteiger partial charge in [0.05, 0.1) is 5.69 Å². The standard InChI is InChI=1S/C18H17N5/c19-18-21-11-12-8-9-20-16-10-14(6-7-15(16)17(12)23-18)22-13-4-2-1-3-5-13/h1-7,10-11,20,22H,8-9H2,(H2,19,21,23). The van der Waals surface area contributed by atoms with E-state index in [9.17, 15) is 0 Å². The molecule has 0 aliphatic carbocycles. The van der Waals surface area contributed by atoms with E-state index >= 15 is 0 Å². The molecule has 114 valence electrons. The van der Waals surface area contributed by atoms with Gasteiger partial charge in [-0.25, -0.2) is 9.97 Å². The molecule has 0 unspecified atom stereocenters. The number of aromatic nitrogens is 2. The highest BCUT2D eigenvalue weighted by atomic mass is 15.0. The number of fused-ring (bicyclic) bond motifs is 3. The number of hydrogen-bond donors (Lipinski definition) is 3.